The summed E-state index contributed by atoms with van der Waals surface area (Å²) < 4.78 is 11.6. The molecule has 0 aromatic rings. The van der Waals surface area contributed by atoms with Gasteiger partial charge in [-0.2, -0.15) is 0 Å². The topological polar surface area (TPSA) is 38.7 Å². The number of rotatable bonds is 4. The smallest absolute Gasteiger partial charge is 0.163 e. The van der Waals surface area contributed by atoms with Crippen molar-refractivity contribution in [1.29, 1.82) is 0 Å². The van der Waals surface area contributed by atoms with Crippen LogP contribution < -0.4 is 0 Å². The van der Waals surface area contributed by atoms with Crippen LogP contribution in [0.4, 0.5) is 0 Å². The molecule has 0 aromatic carbocycles. The van der Waals surface area contributed by atoms with Crippen molar-refractivity contribution in [1.82, 2.24) is 0 Å². The minimum absolute atomic E-state index is 0.0729. The monoisotopic (exact) mass is 214 g/mol. The highest BCUT2D eigenvalue weighted by Crippen LogP contribution is 2.37. The average molecular weight is 214 g/mol. The summed E-state index contributed by atoms with van der Waals surface area (Å²) in [5, 5.41) is 8.95. The summed E-state index contributed by atoms with van der Waals surface area (Å²) in [6.45, 7) is 9.81. The molecule has 0 aromatic heterocycles. The number of ether oxygens (including phenoxy) is 2. The van der Waals surface area contributed by atoms with Gasteiger partial charge in [0.1, 0.15) is 0 Å². The maximum absolute atomic E-state index is 8.95. The first-order valence-electron chi connectivity index (χ1n) is 5.50. The minimum Gasteiger partial charge on any atom is -0.396 e. The summed E-state index contributed by atoms with van der Waals surface area (Å²) in [5.41, 5.74) is -0.219. The predicted molar refractivity (Wildman–Crippen MR) is 59.6 cm³/mol. The van der Waals surface area contributed by atoms with Gasteiger partial charge < -0.3 is 14.6 Å². The van der Waals surface area contributed by atoms with Gasteiger partial charge in [0, 0.05) is 13.0 Å². The second kappa shape index (κ2) is 4.64. The molecule has 1 aliphatic heterocycles. The Balaban J connectivity index is 2.70. The lowest BCUT2D eigenvalue weighted by Crippen LogP contribution is -2.50. The third-order valence-electron chi connectivity index (χ3n) is 2.63. The van der Waals surface area contributed by atoms with Crippen molar-refractivity contribution >= 4 is 0 Å². The number of aliphatic hydroxyl groups is 1. The van der Waals surface area contributed by atoms with Gasteiger partial charge in [0.05, 0.1) is 11.7 Å². The lowest BCUT2D eigenvalue weighted by Gasteiger charge is -2.46. The lowest BCUT2D eigenvalue weighted by molar-refractivity contribution is -0.330. The van der Waals surface area contributed by atoms with Crippen LogP contribution in [-0.2, 0) is 9.47 Å². The van der Waals surface area contributed by atoms with Gasteiger partial charge in [-0.3, -0.25) is 0 Å². The molecule has 2 atom stereocenters. The molecule has 3 nitrogen and oxygen atoms in total. The van der Waals surface area contributed by atoms with Gasteiger partial charge in [0.2, 0.25) is 0 Å². The third kappa shape index (κ3) is 3.59. The first kappa shape index (κ1) is 12.7. The van der Waals surface area contributed by atoms with Crippen molar-refractivity contribution in [3.8, 4) is 0 Å². The van der Waals surface area contributed by atoms with Crippen LogP contribution in [0.2, 0.25) is 0 Å². The molecule has 0 amide bonds. The van der Waals surface area contributed by atoms with Crippen LogP contribution in [0, 0.1) is 0 Å². The molecule has 1 rings (SSSR count). The van der Waals surface area contributed by atoms with Crippen LogP contribution >= 0.6 is 0 Å². The van der Waals surface area contributed by atoms with E-state index in [0.29, 0.717) is 6.42 Å². The van der Waals surface area contributed by atoms with Crippen LogP contribution in [-0.4, -0.2) is 29.2 Å². The number of aliphatic hydroxyl groups excluding tert-OH is 1. The summed E-state index contributed by atoms with van der Waals surface area (Å²) >= 11 is 0. The first-order chi connectivity index (χ1) is 6.91. The fourth-order valence-corrected chi connectivity index (χ4v) is 2.32. The molecule has 1 N–H and O–H groups in total. The van der Waals surface area contributed by atoms with Crippen molar-refractivity contribution in [2.24, 2.45) is 0 Å². The molecule has 15 heavy (non-hydrogen) atoms. The Kier molecular flexibility index (Phi) is 3.93. The SMILES string of the molecule is C=CC[C@]1(C)C[C@H](CCO)OC(C)(C)O1. The summed E-state index contributed by atoms with van der Waals surface area (Å²) in [5.74, 6) is -0.574. The number of hydrogen-bond donors (Lipinski definition) is 1. The fraction of sp³-hybridized carbons (Fsp3) is 0.833. The highest BCUT2D eigenvalue weighted by Gasteiger charge is 2.41. The molecular formula is C12H22O3. The Morgan fingerprint density at radius 1 is 1.47 bits per heavy atom. The predicted octanol–water partition coefficient (Wildman–Crippen LogP) is 2.25. The van der Waals surface area contributed by atoms with Gasteiger partial charge in [-0.25, -0.2) is 0 Å². The van der Waals surface area contributed by atoms with Crippen LogP contribution in [0.1, 0.15) is 40.0 Å². The van der Waals surface area contributed by atoms with E-state index in [9.17, 15) is 0 Å². The normalized spacial score (nSPS) is 35.1. The lowest BCUT2D eigenvalue weighted by atomic mass is 9.91. The van der Waals surface area contributed by atoms with E-state index in [1.54, 1.807) is 0 Å². The molecule has 0 aliphatic carbocycles. The Labute approximate surface area is 92.1 Å². The van der Waals surface area contributed by atoms with Crippen LogP contribution in [0.25, 0.3) is 0 Å². The van der Waals surface area contributed by atoms with Gasteiger partial charge in [-0.1, -0.05) is 6.08 Å². The van der Waals surface area contributed by atoms with Crippen LogP contribution in [0.5, 0.6) is 0 Å². The quantitative estimate of drug-likeness (QED) is 0.729. The molecular weight excluding hydrogens is 192 g/mol. The summed E-state index contributed by atoms with van der Waals surface area (Å²) in [6.07, 6.45) is 4.23. The molecule has 0 unspecified atom stereocenters. The summed E-state index contributed by atoms with van der Waals surface area (Å²) in [7, 11) is 0. The molecule has 0 radical (unpaired) electrons. The number of hydrogen-bond acceptors (Lipinski definition) is 3. The summed E-state index contributed by atoms with van der Waals surface area (Å²) in [6, 6.07) is 0. The molecule has 1 fully saturated rings. The van der Waals surface area contributed by atoms with Gasteiger partial charge in [0.25, 0.3) is 0 Å². The van der Waals surface area contributed by atoms with E-state index in [2.05, 4.69) is 13.5 Å². The molecule has 1 heterocycles. The van der Waals surface area contributed by atoms with Crippen molar-refractivity contribution in [3.05, 3.63) is 12.7 Å². The second-order valence-corrected chi connectivity index (χ2v) is 4.90. The summed E-state index contributed by atoms with van der Waals surface area (Å²) in [4.78, 5) is 0. The van der Waals surface area contributed by atoms with E-state index in [1.165, 1.54) is 0 Å². The van der Waals surface area contributed by atoms with Crippen molar-refractivity contribution in [2.75, 3.05) is 6.61 Å². The molecule has 88 valence electrons. The Bertz CT molecular complexity index is 225. The molecule has 0 bridgehead atoms. The van der Waals surface area contributed by atoms with Crippen LogP contribution in [0.15, 0.2) is 12.7 Å². The molecule has 0 saturated carbocycles. The van der Waals surface area contributed by atoms with Crippen molar-refractivity contribution in [2.45, 2.75) is 57.5 Å². The zero-order valence-corrected chi connectivity index (χ0v) is 9.95. The zero-order chi connectivity index (χ0) is 11.5. The van der Waals surface area contributed by atoms with E-state index < -0.39 is 5.79 Å². The van der Waals surface area contributed by atoms with Gasteiger partial charge in [-0.05, 0) is 33.6 Å². The van der Waals surface area contributed by atoms with Gasteiger partial charge in [-0.15, -0.1) is 6.58 Å². The van der Waals surface area contributed by atoms with E-state index >= 15 is 0 Å². The van der Waals surface area contributed by atoms with Crippen molar-refractivity contribution in [3.63, 3.8) is 0 Å². The maximum Gasteiger partial charge on any atom is 0.163 e. The second-order valence-electron chi connectivity index (χ2n) is 4.90. The highest BCUT2D eigenvalue weighted by atomic mass is 16.7. The Hall–Kier alpha value is -0.380. The zero-order valence-electron chi connectivity index (χ0n) is 9.95. The third-order valence-corrected chi connectivity index (χ3v) is 2.63. The highest BCUT2D eigenvalue weighted by molar-refractivity contribution is 4.91. The van der Waals surface area contributed by atoms with Gasteiger partial charge in [0.15, 0.2) is 5.79 Å². The van der Waals surface area contributed by atoms with Crippen molar-refractivity contribution < 1.29 is 14.6 Å². The Morgan fingerprint density at radius 3 is 2.67 bits per heavy atom. The van der Waals surface area contributed by atoms with E-state index in [4.69, 9.17) is 14.6 Å². The molecule has 0 spiro atoms. The Morgan fingerprint density at radius 2 is 2.13 bits per heavy atom. The first-order valence-corrected chi connectivity index (χ1v) is 5.50. The van der Waals surface area contributed by atoms with E-state index in [1.807, 2.05) is 19.9 Å². The van der Waals surface area contributed by atoms with Gasteiger partial charge >= 0.3 is 0 Å². The fourth-order valence-electron chi connectivity index (χ4n) is 2.32. The molecule has 1 aliphatic rings. The maximum atomic E-state index is 8.95. The van der Waals surface area contributed by atoms with E-state index in [-0.39, 0.29) is 18.3 Å². The standard InChI is InChI=1S/C12H22O3/c1-5-7-12(4)9-10(6-8-13)14-11(2,3)15-12/h5,10,13H,1,6-9H2,2-4H3/t10-,12+/m0/s1. The van der Waals surface area contributed by atoms with E-state index in [0.717, 1.165) is 12.8 Å². The minimum atomic E-state index is -0.574. The molecule has 3 heteroatoms. The average Bonchev–Trinajstić information content (AvgIpc) is 1.99. The van der Waals surface area contributed by atoms with Crippen LogP contribution in [0.3, 0.4) is 0 Å². The largest absolute Gasteiger partial charge is 0.396 e. The molecule has 1 saturated heterocycles.